The van der Waals surface area contributed by atoms with Gasteiger partial charge in [-0.15, -0.1) is 0 Å². The number of rotatable bonds is 4. The van der Waals surface area contributed by atoms with Crippen molar-refractivity contribution in [2.24, 2.45) is 5.92 Å². The number of amides is 1. The number of hydrogen-bond donors (Lipinski definition) is 0. The van der Waals surface area contributed by atoms with Crippen LogP contribution in [0.1, 0.15) is 41.5 Å². The standard InChI is InChI=1S/C21H26N2O2S/c1-16-7-9-19(10-8-16)26(3,25)15-18-5-4-6-20(22-18)21(24)23-13-11-17(2)12-14-23/h4-10,17H,3,11-15H2,1-2H3. The Bertz CT molecular complexity index is 880. The van der Waals surface area contributed by atoms with E-state index in [1.807, 2.05) is 48.2 Å². The largest absolute Gasteiger partial charge is 0.337 e. The van der Waals surface area contributed by atoms with Gasteiger partial charge in [0.2, 0.25) is 0 Å². The molecule has 1 unspecified atom stereocenters. The van der Waals surface area contributed by atoms with Gasteiger partial charge >= 0.3 is 0 Å². The van der Waals surface area contributed by atoms with Gasteiger partial charge in [-0.2, -0.15) is 0 Å². The molecule has 0 aliphatic carbocycles. The molecule has 1 aliphatic heterocycles. The lowest BCUT2D eigenvalue weighted by Gasteiger charge is -2.30. The van der Waals surface area contributed by atoms with Crippen LogP contribution >= 0.6 is 0 Å². The Kier molecular flexibility index (Phi) is 5.47. The van der Waals surface area contributed by atoms with Gasteiger partial charge < -0.3 is 4.90 Å². The third-order valence-electron chi connectivity index (χ3n) is 4.93. The first-order valence-electron chi connectivity index (χ1n) is 9.02. The van der Waals surface area contributed by atoms with Crippen molar-refractivity contribution in [3.8, 4) is 0 Å². The van der Waals surface area contributed by atoms with E-state index in [9.17, 15) is 9.00 Å². The second-order valence-electron chi connectivity index (χ2n) is 7.26. The molecule has 3 rings (SSSR count). The highest BCUT2D eigenvalue weighted by molar-refractivity contribution is 7.99. The Morgan fingerprint density at radius 2 is 1.85 bits per heavy atom. The smallest absolute Gasteiger partial charge is 0.272 e. The zero-order valence-electron chi connectivity index (χ0n) is 15.5. The minimum atomic E-state index is -2.49. The maximum atomic E-state index is 13.0. The number of aromatic nitrogens is 1. The number of likely N-dealkylation sites (tertiary alicyclic amines) is 1. The normalized spacial score (nSPS) is 17.7. The van der Waals surface area contributed by atoms with Crippen LogP contribution in [0.3, 0.4) is 0 Å². The lowest BCUT2D eigenvalue weighted by Crippen LogP contribution is -2.38. The van der Waals surface area contributed by atoms with Gasteiger partial charge in [0, 0.05) is 27.5 Å². The van der Waals surface area contributed by atoms with Gasteiger partial charge in [0.05, 0.1) is 11.4 Å². The molecule has 1 saturated heterocycles. The molecule has 4 nitrogen and oxygen atoms in total. The molecule has 5 heteroatoms. The second kappa shape index (κ2) is 7.62. The van der Waals surface area contributed by atoms with Crippen molar-refractivity contribution in [2.45, 2.75) is 37.3 Å². The number of piperidine rings is 1. The molecule has 0 radical (unpaired) electrons. The van der Waals surface area contributed by atoms with Gasteiger partial charge in [-0.3, -0.25) is 9.00 Å². The van der Waals surface area contributed by atoms with Gasteiger partial charge in [-0.05, 0) is 55.8 Å². The topological polar surface area (TPSA) is 50.3 Å². The van der Waals surface area contributed by atoms with Crippen molar-refractivity contribution in [3.05, 3.63) is 59.4 Å². The number of hydrogen-bond acceptors (Lipinski definition) is 3. The van der Waals surface area contributed by atoms with E-state index in [0.717, 1.165) is 31.5 Å². The van der Waals surface area contributed by atoms with Crippen LogP contribution in [-0.2, 0) is 15.3 Å². The van der Waals surface area contributed by atoms with Crippen LogP contribution in [0, 0.1) is 12.8 Å². The summed E-state index contributed by atoms with van der Waals surface area (Å²) in [4.78, 5) is 19.8. The van der Waals surface area contributed by atoms with Crippen LogP contribution in [-0.4, -0.2) is 39.0 Å². The quantitative estimate of drug-likeness (QED) is 0.774. The summed E-state index contributed by atoms with van der Waals surface area (Å²) >= 11 is 0. The molecule has 26 heavy (non-hydrogen) atoms. The molecule has 2 heterocycles. The zero-order valence-corrected chi connectivity index (χ0v) is 16.3. The lowest BCUT2D eigenvalue weighted by atomic mass is 9.99. The average molecular weight is 371 g/mol. The first-order chi connectivity index (χ1) is 12.3. The minimum absolute atomic E-state index is 0.0374. The van der Waals surface area contributed by atoms with E-state index >= 15 is 0 Å². The molecule has 1 atom stereocenters. The number of pyridine rings is 1. The maximum absolute atomic E-state index is 13.0. The molecule has 1 aromatic carbocycles. The van der Waals surface area contributed by atoms with Gasteiger partial charge in [-0.25, -0.2) is 4.98 Å². The van der Waals surface area contributed by atoms with Gasteiger partial charge in [0.15, 0.2) is 0 Å². The van der Waals surface area contributed by atoms with Crippen molar-refractivity contribution in [3.63, 3.8) is 0 Å². The Morgan fingerprint density at radius 3 is 2.50 bits per heavy atom. The van der Waals surface area contributed by atoms with E-state index in [1.54, 1.807) is 6.07 Å². The van der Waals surface area contributed by atoms with E-state index in [4.69, 9.17) is 0 Å². The van der Waals surface area contributed by atoms with E-state index < -0.39 is 9.52 Å². The second-order valence-corrected chi connectivity index (χ2v) is 9.64. The number of nitrogens with zero attached hydrogens (tertiary/aromatic N) is 2. The highest BCUT2D eigenvalue weighted by atomic mass is 32.2. The first kappa shape index (κ1) is 18.6. The summed E-state index contributed by atoms with van der Waals surface area (Å²) in [5, 5.41) is 0. The molecule has 1 aliphatic rings. The highest BCUT2D eigenvalue weighted by Gasteiger charge is 2.22. The molecular weight excluding hydrogens is 344 g/mol. The number of carbonyl (C=O) groups excluding carboxylic acids is 1. The van der Waals surface area contributed by atoms with Crippen molar-refractivity contribution in [2.75, 3.05) is 13.1 Å². The van der Waals surface area contributed by atoms with E-state index in [-0.39, 0.29) is 11.7 Å². The summed E-state index contributed by atoms with van der Waals surface area (Å²) in [6, 6.07) is 12.9. The molecule has 1 amide bonds. The van der Waals surface area contributed by atoms with Crippen molar-refractivity contribution >= 4 is 21.3 Å². The molecule has 0 bridgehead atoms. The van der Waals surface area contributed by atoms with E-state index in [1.165, 1.54) is 0 Å². The monoisotopic (exact) mass is 370 g/mol. The van der Waals surface area contributed by atoms with Gasteiger partial charge in [0.25, 0.3) is 5.91 Å². The van der Waals surface area contributed by atoms with Crippen LogP contribution < -0.4 is 0 Å². The summed E-state index contributed by atoms with van der Waals surface area (Å²) in [6.07, 6.45) is 2.07. The van der Waals surface area contributed by atoms with Crippen LogP contribution in [0.5, 0.6) is 0 Å². The van der Waals surface area contributed by atoms with Crippen LogP contribution in [0.25, 0.3) is 0 Å². The Labute approximate surface area is 156 Å². The first-order valence-corrected chi connectivity index (χ1v) is 10.9. The van der Waals surface area contributed by atoms with Crippen LogP contribution in [0.2, 0.25) is 0 Å². The van der Waals surface area contributed by atoms with Crippen LogP contribution in [0.15, 0.2) is 47.4 Å². The molecule has 0 N–H and O–H groups in total. The van der Waals surface area contributed by atoms with Gasteiger partial charge in [-0.1, -0.05) is 30.7 Å². The third-order valence-corrected chi connectivity index (χ3v) is 6.82. The molecule has 0 saturated carbocycles. The fourth-order valence-corrected chi connectivity index (χ4v) is 4.60. The molecule has 1 fully saturated rings. The molecule has 1 aromatic heterocycles. The molecule has 0 spiro atoms. The third kappa shape index (κ3) is 4.33. The molecular formula is C21H26N2O2S. The summed E-state index contributed by atoms with van der Waals surface area (Å²) in [5.74, 6) is 4.79. The summed E-state index contributed by atoms with van der Waals surface area (Å²) in [6.45, 7) is 5.77. The SMILES string of the molecule is C=S(=O)(Cc1cccc(C(=O)N2CCC(C)CC2)n1)c1ccc(C)cc1. The fourth-order valence-electron chi connectivity index (χ4n) is 3.16. The summed E-state index contributed by atoms with van der Waals surface area (Å²) in [7, 11) is -2.49. The summed E-state index contributed by atoms with van der Waals surface area (Å²) < 4.78 is 13.0. The molecule has 138 valence electrons. The minimum Gasteiger partial charge on any atom is -0.337 e. The van der Waals surface area contributed by atoms with E-state index in [2.05, 4.69) is 17.8 Å². The van der Waals surface area contributed by atoms with E-state index in [0.29, 0.717) is 22.2 Å². The fraction of sp³-hybridized carbons (Fsp3) is 0.381. The van der Waals surface area contributed by atoms with Crippen LogP contribution in [0.4, 0.5) is 0 Å². The Morgan fingerprint density at radius 1 is 1.19 bits per heavy atom. The van der Waals surface area contributed by atoms with Crippen molar-refractivity contribution < 1.29 is 9.00 Å². The number of carbonyl (C=O) groups is 1. The summed E-state index contributed by atoms with van der Waals surface area (Å²) in [5.41, 5.74) is 2.18. The predicted octanol–water partition coefficient (Wildman–Crippen LogP) is 3.54. The number of aryl methyl sites for hydroxylation is 1. The predicted molar refractivity (Wildman–Crippen MR) is 107 cm³/mol. The lowest BCUT2D eigenvalue weighted by molar-refractivity contribution is 0.0691. The number of benzene rings is 1. The Hall–Kier alpha value is -2.14. The average Bonchev–Trinajstić information content (AvgIpc) is 2.62. The maximum Gasteiger partial charge on any atom is 0.272 e. The van der Waals surface area contributed by atoms with Crippen molar-refractivity contribution in [1.82, 2.24) is 9.88 Å². The molecule has 2 aromatic rings. The van der Waals surface area contributed by atoms with Crippen molar-refractivity contribution in [1.29, 1.82) is 0 Å². The highest BCUT2D eigenvalue weighted by Crippen LogP contribution is 2.19. The Balaban J connectivity index is 1.77. The zero-order chi connectivity index (χ0) is 18.7. The van der Waals surface area contributed by atoms with Gasteiger partial charge in [0.1, 0.15) is 5.69 Å².